The van der Waals surface area contributed by atoms with Crippen LogP contribution in [0.3, 0.4) is 0 Å². The molecule has 2 rings (SSSR count). The standard InChI is InChI=1S/C13H15BrO2/c1-8-5-6-10-9(3-2-4-12(10)14)11(8)7-13(15)16/h2-4,8,11H,5-7H2,1H3,(H,15,16). The Bertz CT molecular complexity index is 414. The Morgan fingerprint density at radius 2 is 2.31 bits per heavy atom. The first-order chi connectivity index (χ1) is 7.59. The molecule has 0 bridgehead atoms. The van der Waals surface area contributed by atoms with Crippen LogP contribution in [0.2, 0.25) is 0 Å². The lowest BCUT2D eigenvalue weighted by atomic mass is 9.74. The fraction of sp³-hybridized carbons (Fsp3) is 0.462. The third-order valence-corrected chi connectivity index (χ3v) is 4.23. The average molecular weight is 283 g/mol. The highest BCUT2D eigenvalue weighted by atomic mass is 79.9. The SMILES string of the molecule is CC1CCc2c(Br)cccc2C1CC(=O)O. The van der Waals surface area contributed by atoms with Gasteiger partial charge in [0.05, 0.1) is 6.42 Å². The van der Waals surface area contributed by atoms with Crippen LogP contribution in [0.25, 0.3) is 0 Å². The van der Waals surface area contributed by atoms with Crippen molar-refractivity contribution in [3.63, 3.8) is 0 Å². The van der Waals surface area contributed by atoms with Crippen LogP contribution in [-0.2, 0) is 11.2 Å². The van der Waals surface area contributed by atoms with Gasteiger partial charge in [-0.1, -0.05) is 35.0 Å². The van der Waals surface area contributed by atoms with Crippen LogP contribution in [0.15, 0.2) is 22.7 Å². The van der Waals surface area contributed by atoms with Crippen LogP contribution in [-0.4, -0.2) is 11.1 Å². The maximum atomic E-state index is 10.9. The molecule has 0 aliphatic heterocycles. The fourth-order valence-corrected chi connectivity index (χ4v) is 3.15. The zero-order chi connectivity index (χ0) is 11.7. The monoisotopic (exact) mass is 282 g/mol. The maximum absolute atomic E-state index is 10.9. The number of carboxylic acids is 1. The van der Waals surface area contributed by atoms with Crippen molar-refractivity contribution in [1.29, 1.82) is 0 Å². The van der Waals surface area contributed by atoms with Crippen molar-refractivity contribution in [2.24, 2.45) is 5.92 Å². The van der Waals surface area contributed by atoms with Crippen LogP contribution in [0, 0.1) is 5.92 Å². The Kier molecular flexibility index (Phi) is 3.33. The molecule has 16 heavy (non-hydrogen) atoms. The first-order valence-electron chi connectivity index (χ1n) is 5.58. The number of hydrogen-bond donors (Lipinski definition) is 1. The number of benzene rings is 1. The predicted octanol–water partition coefficient (Wildman–Crippen LogP) is 3.59. The molecule has 3 heteroatoms. The van der Waals surface area contributed by atoms with E-state index in [1.807, 2.05) is 12.1 Å². The van der Waals surface area contributed by atoms with E-state index in [-0.39, 0.29) is 12.3 Å². The number of carbonyl (C=O) groups is 1. The average Bonchev–Trinajstić information content (AvgIpc) is 2.22. The summed E-state index contributed by atoms with van der Waals surface area (Å²) in [6, 6.07) is 6.10. The summed E-state index contributed by atoms with van der Waals surface area (Å²) in [6.07, 6.45) is 2.37. The van der Waals surface area contributed by atoms with E-state index in [0.717, 1.165) is 17.3 Å². The molecule has 0 aromatic heterocycles. The summed E-state index contributed by atoms with van der Waals surface area (Å²) in [7, 11) is 0. The molecule has 1 aromatic carbocycles. The molecule has 1 N–H and O–H groups in total. The molecule has 0 saturated carbocycles. The first-order valence-corrected chi connectivity index (χ1v) is 6.38. The second kappa shape index (κ2) is 4.58. The van der Waals surface area contributed by atoms with Gasteiger partial charge in [-0.15, -0.1) is 0 Å². The van der Waals surface area contributed by atoms with Gasteiger partial charge in [-0.2, -0.15) is 0 Å². The van der Waals surface area contributed by atoms with Gasteiger partial charge in [-0.3, -0.25) is 4.79 Å². The summed E-state index contributed by atoms with van der Waals surface area (Å²) in [4.78, 5) is 10.9. The van der Waals surface area contributed by atoms with Gasteiger partial charge in [0.25, 0.3) is 0 Å². The van der Waals surface area contributed by atoms with E-state index in [1.54, 1.807) is 0 Å². The van der Waals surface area contributed by atoms with Gasteiger partial charge in [0.2, 0.25) is 0 Å². The molecule has 0 spiro atoms. The Morgan fingerprint density at radius 1 is 1.56 bits per heavy atom. The Balaban J connectivity index is 2.40. The molecular weight excluding hydrogens is 268 g/mol. The van der Waals surface area contributed by atoms with Gasteiger partial charge in [0, 0.05) is 4.47 Å². The summed E-state index contributed by atoms with van der Waals surface area (Å²) in [5.74, 6) is -0.0821. The van der Waals surface area contributed by atoms with Crippen molar-refractivity contribution in [2.45, 2.75) is 32.1 Å². The van der Waals surface area contributed by atoms with E-state index in [9.17, 15) is 4.79 Å². The van der Waals surface area contributed by atoms with E-state index in [0.29, 0.717) is 5.92 Å². The number of rotatable bonds is 2. The molecule has 2 unspecified atom stereocenters. The molecule has 1 aliphatic carbocycles. The molecule has 0 saturated heterocycles. The van der Waals surface area contributed by atoms with Crippen LogP contribution in [0.4, 0.5) is 0 Å². The van der Waals surface area contributed by atoms with Crippen molar-refractivity contribution in [2.75, 3.05) is 0 Å². The highest BCUT2D eigenvalue weighted by Crippen LogP contribution is 2.40. The number of carboxylic acid groups (broad SMARTS) is 1. The Labute approximate surface area is 104 Å². The predicted molar refractivity (Wildman–Crippen MR) is 66.6 cm³/mol. The van der Waals surface area contributed by atoms with Crippen molar-refractivity contribution in [1.82, 2.24) is 0 Å². The highest BCUT2D eigenvalue weighted by Gasteiger charge is 2.29. The molecule has 0 heterocycles. The molecule has 2 atom stereocenters. The molecule has 1 aliphatic rings. The van der Waals surface area contributed by atoms with Crippen molar-refractivity contribution < 1.29 is 9.90 Å². The van der Waals surface area contributed by atoms with Crippen LogP contribution in [0.1, 0.15) is 36.8 Å². The van der Waals surface area contributed by atoms with Gasteiger partial charge in [0.1, 0.15) is 0 Å². The summed E-state index contributed by atoms with van der Waals surface area (Å²) in [5.41, 5.74) is 2.52. The third kappa shape index (κ3) is 2.14. The van der Waals surface area contributed by atoms with E-state index in [1.165, 1.54) is 11.1 Å². The van der Waals surface area contributed by atoms with Crippen molar-refractivity contribution in [3.8, 4) is 0 Å². The highest BCUT2D eigenvalue weighted by molar-refractivity contribution is 9.10. The Morgan fingerprint density at radius 3 is 3.00 bits per heavy atom. The molecule has 0 radical (unpaired) electrons. The first kappa shape index (κ1) is 11.6. The minimum absolute atomic E-state index is 0.166. The van der Waals surface area contributed by atoms with Crippen LogP contribution in [0.5, 0.6) is 0 Å². The van der Waals surface area contributed by atoms with Crippen molar-refractivity contribution in [3.05, 3.63) is 33.8 Å². The largest absolute Gasteiger partial charge is 0.481 e. The van der Waals surface area contributed by atoms with Crippen molar-refractivity contribution >= 4 is 21.9 Å². The smallest absolute Gasteiger partial charge is 0.303 e. The van der Waals surface area contributed by atoms with E-state index in [4.69, 9.17) is 5.11 Å². The zero-order valence-electron chi connectivity index (χ0n) is 9.24. The van der Waals surface area contributed by atoms with Gasteiger partial charge >= 0.3 is 5.97 Å². The molecule has 0 amide bonds. The van der Waals surface area contributed by atoms with E-state index in [2.05, 4.69) is 28.9 Å². The number of aliphatic carboxylic acids is 1. The maximum Gasteiger partial charge on any atom is 0.303 e. The Hall–Kier alpha value is -0.830. The lowest BCUT2D eigenvalue weighted by Crippen LogP contribution is -2.21. The van der Waals surface area contributed by atoms with Crippen LogP contribution < -0.4 is 0 Å². The molecule has 2 nitrogen and oxygen atoms in total. The minimum atomic E-state index is -0.704. The quantitative estimate of drug-likeness (QED) is 0.900. The molecule has 86 valence electrons. The molecular formula is C13H15BrO2. The van der Waals surface area contributed by atoms with Crippen LogP contribution >= 0.6 is 15.9 Å². The minimum Gasteiger partial charge on any atom is -0.481 e. The number of halogens is 1. The summed E-state index contributed by atoms with van der Waals surface area (Å²) >= 11 is 3.55. The fourth-order valence-electron chi connectivity index (χ4n) is 2.57. The summed E-state index contributed by atoms with van der Waals surface area (Å²) < 4.78 is 1.12. The summed E-state index contributed by atoms with van der Waals surface area (Å²) in [5, 5.41) is 8.97. The number of fused-ring (bicyclic) bond motifs is 1. The van der Waals surface area contributed by atoms with Gasteiger partial charge in [-0.05, 0) is 41.9 Å². The topological polar surface area (TPSA) is 37.3 Å². The van der Waals surface area contributed by atoms with Gasteiger partial charge < -0.3 is 5.11 Å². The van der Waals surface area contributed by atoms with E-state index < -0.39 is 5.97 Å². The molecule has 1 aromatic rings. The zero-order valence-corrected chi connectivity index (χ0v) is 10.8. The van der Waals surface area contributed by atoms with Gasteiger partial charge in [-0.25, -0.2) is 0 Å². The van der Waals surface area contributed by atoms with E-state index >= 15 is 0 Å². The normalized spacial score (nSPS) is 23.9. The third-order valence-electron chi connectivity index (χ3n) is 3.49. The summed E-state index contributed by atoms with van der Waals surface area (Å²) in [6.45, 7) is 2.15. The lowest BCUT2D eigenvalue weighted by molar-refractivity contribution is -0.137. The molecule has 0 fully saturated rings. The number of hydrogen-bond acceptors (Lipinski definition) is 1. The van der Waals surface area contributed by atoms with Gasteiger partial charge in [0.15, 0.2) is 0 Å². The second-order valence-corrected chi connectivity index (χ2v) is 5.38. The lowest BCUT2D eigenvalue weighted by Gasteiger charge is -2.31. The second-order valence-electron chi connectivity index (χ2n) is 4.53.